The molecule has 32 heavy (non-hydrogen) atoms. The summed E-state index contributed by atoms with van der Waals surface area (Å²) in [5.41, 5.74) is 2.95. The highest BCUT2D eigenvalue weighted by Crippen LogP contribution is 2.44. The number of carboxylic acid groups (broad SMARTS) is 1. The number of rotatable bonds is 9. The van der Waals surface area contributed by atoms with E-state index in [4.69, 9.17) is 9.47 Å². The van der Waals surface area contributed by atoms with Gasteiger partial charge < -0.3 is 25.2 Å². The Hall–Kier alpha value is -3.39. The average molecular weight is 440 g/mol. The summed E-state index contributed by atoms with van der Waals surface area (Å²) in [5, 5.41) is 14.4. The van der Waals surface area contributed by atoms with Crippen LogP contribution in [0.4, 0.5) is 4.79 Å². The van der Waals surface area contributed by atoms with Gasteiger partial charge in [0.05, 0.1) is 6.61 Å². The first kappa shape index (κ1) is 23.3. The Morgan fingerprint density at radius 2 is 1.62 bits per heavy atom. The first-order valence-electron chi connectivity index (χ1n) is 10.4. The van der Waals surface area contributed by atoms with Crippen LogP contribution in [0, 0.1) is 0 Å². The van der Waals surface area contributed by atoms with Gasteiger partial charge in [0, 0.05) is 25.5 Å². The predicted octanol–water partition coefficient (Wildman–Crippen LogP) is 2.91. The predicted molar refractivity (Wildman–Crippen MR) is 118 cm³/mol. The van der Waals surface area contributed by atoms with E-state index in [1.165, 1.54) is 14.0 Å². The molecular weight excluding hydrogens is 412 g/mol. The quantitative estimate of drug-likeness (QED) is 0.553. The molecule has 0 heterocycles. The van der Waals surface area contributed by atoms with Gasteiger partial charge in [0.25, 0.3) is 0 Å². The molecule has 2 atom stereocenters. The SMILES string of the molecule is COCC(C)(NC(=O)CC(C)NC(=O)OCC1c2ccccc2-c2ccccc21)C(=O)O. The lowest BCUT2D eigenvalue weighted by molar-refractivity contribution is -0.149. The van der Waals surface area contributed by atoms with E-state index in [2.05, 4.69) is 22.8 Å². The molecule has 0 aliphatic heterocycles. The molecule has 0 radical (unpaired) electrons. The van der Waals surface area contributed by atoms with Crippen molar-refractivity contribution in [2.45, 2.75) is 37.8 Å². The summed E-state index contributed by atoms with van der Waals surface area (Å²) in [7, 11) is 1.36. The summed E-state index contributed by atoms with van der Waals surface area (Å²) in [6, 6.07) is 15.5. The highest BCUT2D eigenvalue weighted by Gasteiger charge is 2.35. The minimum atomic E-state index is -1.55. The Labute approximate surface area is 186 Å². The van der Waals surface area contributed by atoms with Gasteiger partial charge in [-0.3, -0.25) is 4.79 Å². The molecule has 1 aliphatic rings. The molecule has 0 saturated heterocycles. The maximum atomic E-state index is 12.3. The van der Waals surface area contributed by atoms with E-state index in [1.807, 2.05) is 36.4 Å². The minimum absolute atomic E-state index is 0.0583. The standard InChI is InChI=1S/C24H28N2O6/c1-15(12-21(27)26-24(2,14-31-3)22(28)29)25-23(30)32-13-20-18-10-6-4-8-16(18)17-9-5-7-11-19(17)20/h4-11,15,20H,12-14H2,1-3H3,(H,25,30)(H,26,27)(H,28,29). The second-order valence-electron chi connectivity index (χ2n) is 8.19. The third-order valence-corrected chi connectivity index (χ3v) is 5.52. The molecule has 2 amide bonds. The summed E-state index contributed by atoms with van der Waals surface area (Å²) < 4.78 is 10.4. The topological polar surface area (TPSA) is 114 Å². The van der Waals surface area contributed by atoms with Gasteiger partial charge in [0.1, 0.15) is 6.61 Å². The number of hydrogen-bond acceptors (Lipinski definition) is 5. The van der Waals surface area contributed by atoms with Gasteiger partial charge in [0.15, 0.2) is 5.54 Å². The van der Waals surface area contributed by atoms with E-state index in [0.29, 0.717) is 0 Å². The first-order valence-corrected chi connectivity index (χ1v) is 10.4. The Bertz CT molecular complexity index is 962. The van der Waals surface area contributed by atoms with Gasteiger partial charge in [0.2, 0.25) is 5.91 Å². The van der Waals surface area contributed by atoms with E-state index in [1.54, 1.807) is 6.92 Å². The zero-order valence-corrected chi connectivity index (χ0v) is 18.4. The maximum absolute atomic E-state index is 12.3. The van der Waals surface area contributed by atoms with Crippen LogP contribution in [0.2, 0.25) is 0 Å². The fraction of sp³-hybridized carbons (Fsp3) is 0.375. The molecular formula is C24H28N2O6. The Morgan fingerprint density at radius 3 is 2.16 bits per heavy atom. The van der Waals surface area contributed by atoms with Crippen molar-refractivity contribution >= 4 is 18.0 Å². The number of alkyl carbamates (subject to hydrolysis) is 1. The molecule has 2 aromatic carbocycles. The van der Waals surface area contributed by atoms with Crippen LogP contribution in [0.15, 0.2) is 48.5 Å². The van der Waals surface area contributed by atoms with Crippen LogP contribution in [-0.2, 0) is 19.1 Å². The first-order chi connectivity index (χ1) is 15.2. The van der Waals surface area contributed by atoms with Crippen molar-refractivity contribution in [3.8, 4) is 11.1 Å². The van der Waals surface area contributed by atoms with E-state index in [0.717, 1.165) is 22.3 Å². The van der Waals surface area contributed by atoms with Crippen LogP contribution in [0.25, 0.3) is 11.1 Å². The zero-order valence-electron chi connectivity index (χ0n) is 18.4. The van der Waals surface area contributed by atoms with Gasteiger partial charge in [-0.25, -0.2) is 9.59 Å². The largest absolute Gasteiger partial charge is 0.479 e. The molecule has 8 heteroatoms. The van der Waals surface area contributed by atoms with Crippen molar-refractivity contribution in [2.24, 2.45) is 0 Å². The molecule has 3 rings (SSSR count). The molecule has 170 valence electrons. The van der Waals surface area contributed by atoms with E-state index in [9.17, 15) is 19.5 Å². The number of carboxylic acids is 1. The Kier molecular flexibility index (Phi) is 7.15. The number of hydrogen-bond donors (Lipinski definition) is 3. The molecule has 0 bridgehead atoms. The number of carbonyl (C=O) groups is 3. The Morgan fingerprint density at radius 1 is 1.06 bits per heavy atom. The third-order valence-electron chi connectivity index (χ3n) is 5.52. The van der Waals surface area contributed by atoms with Crippen molar-refractivity contribution in [2.75, 3.05) is 20.3 Å². The van der Waals surface area contributed by atoms with E-state index in [-0.39, 0.29) is 25.6 Å². The zero-order chi connectivity index (χ0) is 23.3. The van der Waals surface area contributed by atoms with Crippen LogP contribution >= 0.6 is 0 Å². The number of fused-ring (bicyclic) bond motifs is 3. The van der Waals surface area contributed by atoms with Gasteiger partial charge in [-0.15, -0.1) is 0 Å². The highest BCUT2D eigenvalue weighted by atomic mass is 16.5. The molecule has 0 spiro atoms. The van der Waals surface area contributed by atoms with Crippen LogP contribution < -0.4 is 10.6 Å². The monoisotopic (exact) mass is 440 g/mol. The smallest absolute Gasteiger partial charge is 0.407 e. The lowest BCUT2D eigenvalue weighted by Crippen LogP contribution is -2.56. The molecule has 0 aromatic heterocycles. The fourth-order valence-electron chi connectivity index (χ4n) is 3.97. The number of carbonyl (C=O) groups excluding carboxylic acids is 2. The van der Waals surface area contributed by atoms with E-state index >= 15 is 0 Å². The number of nitrogens with one attached hydrogen (secondary N) is 2. The molecule has 3 N–H and O–H groups in total. The number of aliphatic carboxylic acids is 1. The van der Waals surface area contributed by atoms with Gasteiger partial charge >= 0.3 is 12.1 Å². The summed E-state index contributed by atoms with van der Waals surface area (Å²) in [6.07, 6.45) is -0.735. The molecule has 1 aliphatic carbocycles. The highest BCUT2D eigenvalue weighted by molar-refractivity contribution is 5.87. The van der Waals surface area contributed by atoms with Crippen molar-refractivity contribution in [3.63, 3.8) is 0 Å². The normalized spacial score (nSPS) is 15.1. The lowest BCUT2D eigenvalue weighted by atomic mass is 9.98. The number of benzene rings is 2. The van der Waals surface area contributed by atoms with Crippen molar-refractivity contribution < 1.29 is 29.0 Å². The van der Waals surface area contributed by atoms with Crippen LogP contribution in [0.5, 0.6) is 0 Å². The van der Waals surface area contributed by atoms with Crippen LogP contribution in [-0.4, -0.2) is 55.0 Å². The lowest BCUT2D eigenvalue weighted by Gasteiger charge is -2.26. The summed E-state index contributed by atoms with van der Waals surface area (Å²) in [6.45, 7) is 3.00. The van der Waals surface area contributed by atoms with Crippen molar-refractivity contribution in [3.05, 3.63) is 59.7 Å². The Balaban J connectivity index is 1.54. The van der Waals surface area contributed by atoms with Gasteiger partial charge in [-0.2, -0.15) is 0 Å². The van der Waals surface area contributed by atoms with Gasteiger partial charge in [-0.1, -0.05) is 48.5 Å². The van der Waals surface area contributed by atoms with Gasteiger partial charge in [-0.05, 0) is 36.1 Å². The molecule has 0 fully saturated rings. The average Bonchev–Trinajstić information content (AvgIpc) is 3.06. The summed E-state index contributed by atoms with van der Waals surface area (Å²) in [4.78, 5) is 36.0. The minimum Gasteiger partial charge on any atom is -0.479 e. The fourth-order valence-corrected chi connectivity index (χ4v) is 3.97. The van der Waals surface area contributed by atoms with E-state index < -0.39 is 29.6 Å². The second kappa shape index (κ2) is 9.82. The summed E-state index contributed by atoms with van der Waals surface area (Å²) in [5.74, 6) is -1.78. The number of methoxy groups -OCH3 is 1. The molecule has 0 saturated carbocycles. The third kappa shape index (κ3) is 5.08. The van der Waals surface area contributed by atoms with Crippen LogP contribution in [0.1, 0.15) is 37.3 Å². The second-order valence-corrected chi connectivity index (χ2v) is 8.19. The van der Waals surface area contributed by atoms with Crippen LogP contribution in [0.3, 0.4) is 0 Å². The number of ether oxygens (including phenoxy) is 2. The number of amides is 2. The van der Waals surface area contributed by atoms with Crippen molar-refractivity contribution in [1.82, 2.24) is 10.6 Å². The molecule has 2 aromatic rings. The molecule has 2 unspecified atom stereocenters. The summed E-state index contributed by atoms with van der Waals surface area (Å²) >= 11 is 0. The maximum Gasteiger partial charge on any atom is 0.407 e. The van der Waals surface area contributed by atoms with Crippen molar-refractivity contribution in [1.29, 1.82) is 0 Å². The molecule has 8 nitrogen and oxygen atoms in total.